The van der Waals surface area contributed by atoms with E-state index >= 15 is 0 Å². The number of rotatable bonds is 7. The maximum absolute atomic E-state index is 11.4. The Morgan fingerprint density at radius 3 is 1.72 bits per heavy atom. The molecule has 4 nitrogen and oxygen atoms in total. The molecular formula is C13H26BaO4. The average Bonchev–Trinajstić information content (AvgIpc) is 2.14. The maximum Gasteiger partial charge on any atom is 2.00 e. The quantitative estimate of drug-likeness (QED) is 0.402. The molecule has 0 spiro atoms. The van der Waals surface area contributed by atoms with Crippen molar-refractivity contribution >= 4 is 60.8 Å². The third-order valence-electron chi connectivity index (χ3n) is 3.42. The predicted octanol–water partition coefficient (Wildman–Crippen LogP) is 3.00. The molecule has 5 heteroatoms. The summed E-state index contributed by atoms with van der Waals surface area (Å²) in [4.78, 5) is 22.8. The summed E-state index contributed by atoms with van der Waals surface area (Å²) >= 11 is 0. The Bertz CT molecular complexity index is 277. The van der Waals surface area contributed by atoms with Gasteiger partial charge >= 0.3 is 60.8 Å². The van der Waals surface area contributed by atoms with Crippen molar-refractivity contribution in [2.24, 2.45) is 10.8 Å². The van der Waals surface area contributed by atoms with E-state index in [1.165, 1.54) is 0 Å². The molecule has 0 aliphatic carbocycles. The second kappa shape index (κ2) is 8.64. The van der Waals surface area contributed by atoms with Crippen LogP contribution in [0.4, 0.5) is 0 Å². The number of unbranched alkanes of at least 4 members (excludes halogenated alkanes) is 3. The van der Waals surface area contributed by atoms with Crippen LogP contribution in [-0.4, -0.2) is 71.0 Å². The van der Waals surface area contributed by atoms with Crippen LogP contribution in [0, 0.1) is 10.8 Å². The van der Waals surface area contributed by atoms with Gasteiger partial charge in [-0.3, -0.25) is 9.59 Å². The van der Waals surface area contributed by atoms with Gasteiger partial charge in [-0.05, 0) is 11.8 Å². The molecule has 0 heterocycles. The summed E-state index contributed by atoms with van der Waals surface area (Å²) in [5, 5.41) is 18.6. The Kier molecular flexibility index (Phi) is 9.99. The number of hydrogen-bond donors (Lipinski definition) is 2. The fourth-order valence-corrected chi connectivity index (χ4v) is 2.14. The van der Waals surface area contributed by atoms with Gasteiger partial charge in [-0.1, -0.05) is 53.4 Å². The van der Waals surface area contributed by atoms with Gasteiger partial charge in [0.05, 0.1) is 0 Å². The summed E-state index contributed by atoms with van der Waals surface area (Å²) in [5.74, 6) is -2.46. The summed E-state index contributed by atoms with van der Waals surface area (Å²) in [6.45, 7) is 7.09. The van der Waals surface area contributed by atoms with E-state index < -0.39 is 22.8 Å². The SMILES string of the molecule is CCCCCCC(C(=O)O)(C(=O)O)C(C)(C)C.[Ba+2].[H-].[H-]. The van der Waals surface area contributed by atoms with Gasteiger partial charge in [0.2, 0.25) is 0 Å². The minimum absolute atomic E-state index is 0. The zero-order valence-corrected chi connectivity index (χ0v) is 16.4. The third kappa shape index (κ3) is 4.89. The van der Waals surface area contributed by atoms with Crippen LogP contribution in [-0.2, 0) is 9.59 Å². The molecule has 0 aliphatic rings. The molecule has 0 unspecified atom stereocenters. The van der Waals surface area contributed by atoms with E-state index in [1.54, 1.807) is 20.8 Å². The van der Waals surface area contributed by atoms with Gasteiger partial charge in [0.25, 0.3) is 0 Å². The smallest absolute Gasteiger partial charge is 1.00 e. The summed E-state index contributed by atoms with van der Waals surface area (Å²) in [6, 6.07) is 0. The van der Waals surface area contributed by atoms with Crippen molar-refractivity contribution in [2.75, 3.05) is 0 Å². The van der Waals surface area contributed by atoms with E-state index in [9.17, 15) is 19.8 Å². The molecule has 0 bridgehead atoms. The zero-order chi connectivity index (χ0) is 13.7. The van der Waals surface area contributed by atoms with E-state index in [0.717, 1.165) is 19.3 Å². The van der Waals surface area contributed by atoms with Crippen LogP contribution in [0.25, 0.3) is 0 Å². The molecule has 0 radical (unpaired) electrons. The number of carboxylic acid groups (broad SMARTS) is 2. The molecule has 2 N–H and O–H groups in total. The van der Waals surface area contributed by atoms with Crippen molar-refractivity contribution in [3.8, 4) is 0 Å². The van der Waals surface area contributed by atoms with Crippen LogP contribution in [0.15, 0.2) is 0 Å². The Morgan fingerprint density at radius 1 is 1.00 bits per heavy atom. The van der Waals surface area contributed by atoms with Crippen molar-refractivity contribution in [1.29, 1.82) is 0 Å². The largest absolute Gasteiger partial charge is 2.00 e. The average molecular weight is 384 g/mol. The third-order valence-corrected chi connectivity index (χ3v) is 3.42. The Labute approximate surface area is 153 Å². The predicted molar refractivity (Wildman–Crippen MR) is 73.9 cm³/mol. The van der Waals surface area contributed by atoms with Gasteiger partial charge in [0.15, 0.2) is 5.41 Å². The first-order valence-electron chi connectivity index (χ1n) is 6.17. The van der Waals surface area contributed by atoms with Crippen LogP contribution >= 0.6 is 0 Å². The molecule has 0 aliphatic heterocycles. The van der Waals surface area contributed by atoms with E-state index in [0.29, 0.717) is 6.42 Å². The maximum atomic E-state index is 11.4. The number of hydrogen-bond acceptors (Lipinski definition) is 2. The monoisotopic (exact) mass is 384 g/mol. The zero-order valence-electron chi connectivity index (χ0n) is 14.0. The molecule has 18 heavy (non-hydrogen) atoms. The molecular weight excluding hydrogens is 357 g/mol. The van der Waals surface area contributed by atoms with Gasteiger partial charge in [0.1, 0.15) is 0 Å². The minimum atomic E-state index is -1.68. The Hall–Kier alpha value is 0.511. The van der Waals surface area contributed by atoms with Gasteiger partial charge < -0.3 is 13.1 Å². The van der Waals surface area contributed by atoms with Crippen LogP contribution in [0.3, 0.4) is 0 Å². The molecule has 0 aromatic carbocycles. The molecule has 0 rings (SSSR count). The van der Waals surface area contributed by atoms with E-state index in [-0.39, 0.29) is 58.2 Å². The number of carboxylic acids is 2. The van der Waals surface area contributed by atoms with Gasteiger partial charge in [-0.25, -0.2) is 0 Å². The standard InChI is InChI=1S/C13H24O4.Ba.2H/c1-5-6-7-8-9-13(10(14)15,11(16)17)12(2,3)4;;;/h5-9H2,1-4H3,(H,14,15)(H,16,17);;;/q;+2;2*-1. The van der Waals surface area contributed by atoms with Crippen LogP contribution < -0.4 is 0 Å². The van der Waals surface area contributed by atoms with Crippen LogP contribution in [0.5, 0.6) is 0 Å². The molecule has 0 saturated carbocycles. The van der Waals surface area contributed by atoms with Crippen molar-refractivity contribution in [3.63, 3.8) is 0 Å². The number of aliphatic carboxylic acids is 2. The van der Waals surface area contributed by atoms with Crippen molar-refractivity contribution < 1.29 is 22.7 Å². The topological polar surface area (TPSA) is 74.6 Å². The second-order valence-electron chi connectivity index (χ2n) is 5.58. The van der Waals surface area contributed by atoms with Crippen molar-refractivity contribution in [3.05, 3.63) is 0 Å². The Morgan fingerprint density at radius 2 is 1.44 bits per heavy atom. The summed E-state index contributed by atoms with van der Waals surface area (Å²) in [6.07, 6.45) is 3.78. The fraction of sp³-hybridized carbons (Fsp3) is 0.846. The molecule has 0 saturated heterocycles. The molecule has 0 aromatic rings. The number of carbonyl (C=O) groups is 2. The normalized spacial score (nSPS) is 11.8. The fourth-order valence-electron chi connectivity index (χ4n) is 2.14. The summed E-state index contributed by atoms with van der Waals surface area (Å²) in [7, 11) is 0. The van der Waals surface area contributed by atoms with E-state index in [4.69, 9.17) is 0 Å². The second-order valence-corrected chi connectivity index (χ2v) is 5.58. The molecule has 0 aromatic heterocycles. The Balaban J connectivity index is -0.000000427. The van der Waals surface area contributed by atoms with Crippen LogP contribution in [0.1, 0.15) is 62.7 Å². The summed E-state index contributed by atoms with van der Waals surface area (Å²) in [5.41, 5.74) is -2.47. The van der Waals surface area contributed by atoms with Crippen molar-refractivity contribution in [1.82, 2.24) is 0 Å². The van der Waals surface area contributed by atoms with E-state index in [1.807, 2.05) is 0 Å². The molecule has 0 amide bonds. The first-order chi connectivity index (χ1) is 7.70. The first kappa shape index (κ1) is 20.8. The first-order valence-corrected chi connectivity index (χ1v) is 6.17. The van der Waals surface area contributed by atoms with Gasteiger partial charge in [0, 0.05) is 0 Å². The molecule has 0 atom stereocenters. The van der Waals surface area contributed by atoms with Crippen molar-refractivity contribution in [2.45, 2.75) is 59.8 Å². The van der Waals surface area contributed by atoms with Gasteiger partial charge in [-0.15, -0.1) is 0 Å². The van der Waals surface area contributed by atoms with Crippen LogP contribution in [0.2, 0.25) is 0 Å². The van der Waals surface area contributed by atoms with Gasteiger partial charge in [-0.2, -0.15) is 0 Å². The minimum Gasteiger partial charge on any atom is -1.00 e. The molecule has 0 fully saturated rings. The van der Waals surface area contributed by atoms with E-state index in [2.05, 4.69) is 6.92 Å². The summed E-state index contributed by atoms with van der Waals surface area (Å²) < 4.78 is 0. The molecule has 104 valence electrons.